The molecule has 0 fully saturated rings. The molecule has 0 rings (SSSR count). The average Bonchev–Trinajstić information content (AvgIpc) is 1.65. The molecule has 0 N–H and O–H groups in total. The minimum Gasteiger partial charge on any atom is -0.347 e. The molecule has 0 aliphatic heterocycles. The topological polar surface area (TPSA) is 29.1 Å². The van der Waals surface area contributed by atoms with Crippen LogP contribution in [0.15, 0.2) is 0 Å². The van der Waals surface area contributed by atoms with Gasteiger partial charge in [0.15, 0.2) is 0 Å². The summed E-state index contributed by atoms with van der Waals surface area (Å²) < 4.78 is 26.0. The fraction of sp³-hybridized carbons (Fsp3) is 1.00. The van der Waals surface area contributed by atoms with Crippen LogP contribution in [0.25, 0.3) is 0 Å². The van der Waals surface area contributed by atoms with Crippen molar-refractivity contribution in [2.75, 3.05) is 7.11 Å². The second-order valence-corrected chi connectivity index (χ2v) is 0.938. The molecule has 0 spiro atoms. The zero-order valence-corrected chi connectivity index (χ0v) is 3.73. The highest BCUT2D eigenvalue weighted by Gasteiger charge is 2.16. The molecule has 43 valence electrons. The molecule has 0 saturated carbocycles. The summed E-state index contributed by atoms with van der Waals surface area (Å²) in [6.45, 7) is 0. The molecular weight excluding hydrogens is 106 g/mol. The lowest BCUT2D eigenvalue weighted by Gasteiger charge is -2.00. The van der Waals surface area contributed by atoms with E-state index in [-0.39, 0.29) is 0 Å². The van der Waals surface area contributed by atoms with Gasteiger partial charge in [0.25, 0.3) is 12.7 Å². The van der Waals surface area contributed by atoms with Gasteiger partial charge in [-0.2, -0.15) is 5.11 Å². The first-order chi connectivity index (χ1) is 3.18. The summed E-state index contributed by atoms with van der Waals surface area (Å²) in [7, 11) is 0.926. The minimum absolute atomic E-state index is 0.926. The van der Waals surface area contributed by atoms with Gasteiger partial charge in [-0.25, -0.2) is 8.78 Å². The maximum Gasteiger partial charge on any atom is 0.286 e. The van der Waals surface area contributed by atoms with E-state index in [4.69, 9.17) is 0 Å². The van der Waals surface area contributed by atoms with Gasteiger partial charge in [0.2, 0.25) is 0 Å². The molecule has 0 bridgehead atoms. The van der Waals surface area contributed by atoms with Crippen molar-refractivity contribution in [1.29, 1.82) is 0 Å². The maximum absolute atomic E-state index is 11.3. The van der Waals surface area contributed by atoms with Crippen LogP contribution in [0.4, 0.5) is 8.78 Å². The third-order valence-corrected chi connectivity index (χ3v) is 0.431. The van der Waals surface area contributed by atoms with Crippen molar-refractivity contribution >= 4 is 0 Å². The average molecular weight is 111 g/mol. The first-order valence-corrected chi connectivity index (χ1v) is 1.65. The summed E-state index contributed by atoms with van der Waals surface area (Å²) in [5, 5.41) is 9.29. The first kappa shape index (κ1) is 6.78. The lowest BCUT2D eigenvalue weighted by molar-refractivity contribution is -0.174. The van der Waals surface area contributed by atoms with Crippen molar-refractivity contribution in [1.82, 2.24) is 0 Å². The number of alkyl halides is 2. The Morgan fingerprint density at radius 1 is 1.57 bits per heavy atom. The summed E-state index contributed by atoms with van der Waals surface area (Å²) in [6.07, 6.45) is -5.09. The van der Waals surface area contributed by atoms with E-state index in [1.54, 1.807) is 0 Å². The maximum atomic E-state index is 11.3. The zero-order chi connectivity index (χ0) is 5.86. The minimum atomic E-state index is -2.77. The van der Waals surface area contributed by atoms with Gasteiger partial charge in [0.05, 0.1) is 0 Å². The van der Waals surface area contributed by atoms with Crippen LogP contribution in [-0.2, 0) is 9.84 Å². The summed E-state index contributed by atoms with van der Waals surface area (Å²) in [5.41, 5.74) is 0. The van der Waals surface area contributed by atoms with Gasteiger partial charge >= 0.3 is 0 Å². The van der Waals surface area contributed by atoms with Crippen molar-refractivity contribution in [3.63, 3.8) is 0 Å². The second kappa shape index (κ2) is 2.87. The van der Waals surface area contributed by atoms with E-state index in [1.165, 1.54) is 0 Å². The predicted molar refractivity (Wildman–Crippen MR) is 17.5 cm³/mol. The Balaban J connectivity index is 3.14. The Labute approximate surface area is 39.7 Å². The van der Waals surface area contributed by atoms with Crippen LogP contribution >= 0.6 is 0 Å². The smallest absolute Gasteiger partial charge is 0.286 e. The highest BCUT2D eigenvalue weighted by atomic mass is 19.2. The van der Waals surface area contributed by atoms with Gasteiger partial charge in [-0.05, 0) is 0 Å². The highest BCUT2D eigenvalue weighted by Crippen LogP contribution is 1.99. The number of hydrogen-bond acceptors (Lipinski definition) is 1. The van der Waals surface area contributed by atoms with Crippen molar-refractivity contribution in [3.05, 3.63) is 0 Å². The summed E-state index contributed by atoms with van der Waals surface area (Å²) >= 11 is 0. The first-order valence-electron chi connectivity index (χ1n) is 1.65. The van der Waals surface area contributed by atoms with E-state index in [2.05, 4.69) is 4.74 Å². The highest BCUT2D eigenvalue weighted by molar-refractivity contribution is 4.37. The Hall–Kier alpha value is -0.220. The Kier molecular flexibility index (Phi) is 2.78. The van der Waals surface area contributed by atoms with Crippen LogP contribution in [0.3, 0.4) is 0 Å². The largest absolute Gasteiger partial charge is 0.347 e. The van der Waals surface area contributed by atoms with Gasteiger partial charge in [0, 0.05) is 7.11 Å². The quantitative estimate of drug-likeness (QED) is 0.514. The van der Waals surface area contributed by atoms with Gasteiger partial charge < -0.3 is 4.74 Å². The molecule has 0 aliphatic carbocycles. The fourth-order valence-corrected chi connectivity index (χ4v) is 0.107. The third kappa shape index (κ3) is 2.47. The molecule has 0 aliphatic rings. The van der Waals surface area contributed by atoms with Crippen LogP contribution in [0.2, 0.25) is 0 Å². The number of ether oxygens (including phenoxy) is 1. The lowest BCUT2D eigenvalue weighted by Crippen LogP contribution is -2.16. The molecule has 2 unspecified atom stereocenters. The number of hydrogen-bond donors (Lipinski definition) is 0. The predicted octanol–water partition coefficient (Wildman–Crippen LogP) is 0.655. The summed E-state index contributed by atoms with van der Waals surface area (Å²) in [4.78, 5) is 0. The van der Waals surface area contributed by atoms with E-state index in [1.807, 2.05) is 0 Å². The van der Waals surface area contributed by atoms with E-state index in [0.717, 1.165) is 7.11 Å². The van der Waals surface area contributed by atoms with Crippen molar-refractivity contribution in [3.8, 4) is 0 Å². The Bertz CT molecular complexity index is 48.2. The Morgan fingerprint density at radius 3 is 2.00 bits per heavy atom. The van der Waals surface area contributed by atoms with Crippen molar-refractivity contribution in [2.24, 2.45) is 0 Å². The molecule has 7 heavy (non-hydrogen) atoms. The molecule has 0 aromatic rings. The van der Waals surface area contributed by atoms with Gasteiger partial charge in [-0.15, -0.1) is 0 Å². The van der Waals surface area contributed by atoms with Gasteiger partial charge in [-0.1, -0.05) is 0 Å². The van der Waals surface area contributed by atoms with Crippen molar-refractivity contribution in [2.45, 2.75) is 12.7 Å². The lowest BCUT2D eigenvalue weighted by atomic mass is 10.7. The van der Waals surface area contributed by atoms with E-state index in [0.29, 0.717) is 0 Å². The van der Waals surface area contributed by atoms with Crippen LogP contribution in [0, 0.1) is 0 Å². The van der Waals surface area contributed by atoms with E-state index >= 15 is 0 Å². The molecule has 0 saturated heterocycles. The monoisotopic (exact) mass is 111 g/mol. The molecular formula is C3H5F2O2. The van der Waals surface area contributed by atoms with Crippen molar-refractivity contribution < 1.29 is 18.6 Å². The molecule has 1 radical (unpaired) electrons. The molecule has 2 nitrogen and oxygen atoms in total. The molecule has 4 heteroatoms. The van der Waals surface area contributed by atoms with Crippen LogP contribution < -0.4 is 0 Å². The SMILES string of the molecule is COC(F)C([O])F. The Morgan fingerprint density at radius 2 is 2.00 bits per heavy atom. The van der Waals surface area contributed by atoms with E-state index in [9.17, 15) is 13.9 Å². The second-order valence-electron chi connectivity index (χ2n) is 0.938. The molecule has 2 atom stereocenters. The van der Waals surface area contributed by atoms with Crippen LogP contribution in [-0.4, -0.2) is 19.8 Å². The third-order valence-electron chi connectivity index (χ3n) is 0.431. The van der Waals surface area contributed by atoms with E-state index < -0.39 is 12.7 Å². The summed E-state index contributed by atoms with van der Waals surface area (Å²) in [5.74, 6) is 0. The van der Waals surface area contributed by atoms with Gasteiger partial charge in [-0.3, -0.25) is 0 Å². The molecule has 0 heterocycles. The number of methoxy groups -OCH3 is 1. The standard InChI is InChI=1S/C3H5F2O2/c1-7-3(5)2(4)6/h2-3H,1H3. The zero-order valence-electron chi connectivity index (χ0n) is 3.73. The number of halogens is 2. The summed E-state index contributed by atoms with van der Waals surface area (Å²) in [6, 6.07) is 0. The number of rotatable bonds is 2. The molecule has 0 aromatic heterocycles. The van der Waals surface area contributed by atoms with Crippen LogP contribution in [0.5, 0.6) is 0 Å². The molecule has 0 aromatic carbocycles. The fourth-order valence-electron chi connectivity index (χ4n) is 0.107. The van der Waals surface area contributed by atoms with Gasteiger partial charge in [0.1, 0.15) is 0 Å². The molecule has 0 amide bonds. The normalized spacial score (nSPS) is 18.9. The van der Waals surface area contributed by atoms with Crippen LogP contribution in [0.1, 0.15) is 0 Å².